The molecule has 0 aromatic heterocycles. The lowest BCUT2D eigenvalue weighted by Crippen LogP contribution is -2.37. The van der Waals surface area contributed by atoms with Gasteiger partial charge in [0.25, 0.3) is 0 Å². The summed E-state index contributed by atoms with van der Waals surface area (Å²) in [7, 11) is 5.53. The Hall–Kier alpha value is -0.290. The van der Waals surface area contributed by atoms with E-state index in [0.29, 0.717) is 23.9 Å². The van der Waals surface area contributed by atoms with Crippen LogP contribution in [0.15, 0.2) is 0 Å². The first-order valence-corrected chi connectivity index (χ1v) is 25.5. The molecule has 12 heteroatoms. The van der Waals surface area contributed by atoms with Crippen LogP contribution in [0.4, 0.5) is 0 Å². The molecule has 2 atom stereocenters. The summed E-state index contributed by atoms with van der Waals surface area (Å²) in [5.74, 6) is 1.77. The molecule has 0 spiro atoms. The molecule has 316 valence electrons. The smallest absolute Gasteiger partial charge is 0.462 e. The number of hydrogen-bond acceptors (Lipinski definition) is 9. The summed E-state index contributed by atoms with van der Waals surface area (Å²) in [4.78, 5) is 35.3. The molecular formula is C41H83NO8PS2+. The van der Waals surface area contributed by atoms with Crippen LogP contribution in [0.1, 0.15) is 187 Å². The zero-order valence-corrected chi connectivity index (χ0v) is 37.5. The first-order chi connectivity index (χ1) is 25.5. The zero-order valence-electron chi connectivity index (χ0n) is 34.9. The van der Waals surface area contributed by atoms with E-state index in [2.05, 4.69) is 13.8 Å². The molecule has 0 aromatic carbocycles. The van der Waals surface area contributed by atoms with Crippen LogP contribution in [0.3, 0.4) is 0 Å². The summed E-state index contributed by atoms with van der Waals surface area (Å²) in [6.07, 6.45) is 29.9. The first-order valence-electron chi connectivity index (χ1n) is 21.5. The molecule has 0 aliphatic heterocycles. The Morgan fingerprint density at radius 2 is 1.00 bits per heavy atom. The number of phosphoric ester groups is 1. The van der Waals surface area contributed by atoms with Crippen molar-refractivity contribution in [2.45, 2.75) is 193 Å². The van der Waals surface area contributed by atoms with Crippen LogP contribution < -0.4 is 0 Å². The summed E-state index contributed by atoms with van der Waals surface area (Å²) in [6.45, 7) is 4.41. The molecule has 0 aliphatic rings. The van der Waals surface area contributed by atoms with Gasteiger partial charge in [-0.2, -0.15) is 0 Å². The predicted molar refractivity (Wildman–Crippen MR) is 226 cm³/mol. The topological polar surface area (TPSA) is 108 Å². The normalized spacial score (nSPS) is 13.5. The van der Waals surface area contributed by atoms with Gasteiger partial charge < -0.3 is 18.9 Å². The lowest BCUT2D eigenvalue weighted by atomic mass is 10.0. The highest BCUT2D eigenvalue weighted by molar-refractivity contribution is 8.76. The maximum Gasteiger partial charge on any atom is 0.472 e. The van der Waals surface area contributed by atoms with Gasteiger partial charge in [-0.05, 0) is 25.7 Å². The Morgan fingerprint density at radius 3 is 1.47 bits per heavy atom. The van der Waals surface area contributed by atoms with Crippen molar-refractivity contribution in [1.29, 1.82) is 0 Å². The minimum absolute atomic E-state index is 0.0356. The van der Waals surface area contributed by atoms with Gasteiger partial charge in [-0.1, -0.05) is 170 Å². The lowest BCUT2D eigenvalue weighted by molar-refractivity contribution is -0.870. The maximum absolute atomic E-state index is 12.7. The summed E-state index contributed by atoms with van der Waals surface area (Å²) in [5, 5.41) is 0. The van der Waals surface area contributed by atoms with E-state index in [0.717, 1.165) is 32.1 Å². The number of nitrogens with zero attached hydrogens (tertiary/aromatic N) is 1. The van der Waals surface area contributed by atoms with Crippen molar-refractivity contribution in [3.63, 3.8) is 0 Å². The Labute approximate surface area is 334 Å². The molecule has 1 unspecified atom stereocenters. The fourth-order valence-corrected chi connectivity index (χ4v) is 8.80. The van der Waals surface area contributed by atoms with E-state index in [1.54, 1.807) is 0 Å². The minimum Gasteiger partial charge on any atom is -0.462 e. The molecule has 0 bridgehead atoms. The van der Waals surface area contributed by atoms with Crippen LogP contribution in [-0.4, -0.2) is 86.4 Å². The van der Waals surface area contributed by atoms with Gasteiger partial charge >= 0.3 is 19.8 Å². The fraction of sp³-hybridized carbons (Fsp3) is 0.951. The van der Waals surface area contributed by atoms with Gasteiger partial charge in [-0.25, -0.2) is 4.57 Å². The monoisotopic (exact) mass is 813 g/mol. The highest BCUT2D eigenvalue weighted by Crippen LogP contribution is 2.43. The molecule has 0 aromatic rings. The third-order valence-electron chi connectivity index (χ3n) is 9.13. The van der Waals surface area contributed by atoms with Crippen molar-refractivity contribution >= 4 is 41.3 Å². The van der Waals surface area contributed by atoms with Crippen LogP contribution in [0.5, 0.6) is 0 Å². The SMILES string of the molecule is CCCCCCCCCCCCCC(=O)OC[C@H](COP(=O)(O)OCC[N+](C)(C)C)OC(=O)CCCCCCCCCCCCCCCSSCCC. The first kappa shape index (κ1) is 52.7. The molecule has 0 radical (unpaired) electrons. The summed E-state index contributed by atoms with van der Waals surface area (Å²) in [6, 6.07) is 0. The van der Waals surface area contributed by atoms with Crippen LogP contribution >= 0.6 is 29.4 Å². The molecule has 0 saturated carbocycles. The Kier molecular flexibility index (Phi) is 37.1. The predicted octanol–water partition coefficient (Wildman–Crippen LogP) is 12.2. The van der Waals surface area contributed by atoms with Crippen LogP contribution in [0, 0.1) is 0 Å². The van der Waals surface area contributed by atoms with Crippen LogP contribution in [0.25, 0.3) is 0 Å². The van der Waals surface area contributed by atoms with E-state index in [1.165, 1.54) is 134 Å². The molecule has 53 heavy (non-hydrogen) atoms. The van der Waals surface area contributed by atoms with Gasteiger partial charge in [-0.3, -0.25) is 18.6 Å². The number of hydrogen-bond donors (Lipinski definition) is 1. The van der Waals surface area contributed by atoms with Crippen molar-refractivity contribution in [3.8, 4) is 0 Å². The number of esters is 2. The Bertz CT molecular complexity index is 893. The second-order valence-corrected chi connectivity index (χ2v) is 19.8. The second-order valence-electron chi connectivity index (χ2n) is 15.7. The number of quaternary nitrogens is 1. The number of ether oxygens (including phenoxy) is 2. The molecule has 0 rings (SSSR count). The third-order valence-corrected chi connectivity index (χ3v) is 12.8. The molecule has 0 fully saturated rings. The van der Waals surface area contributed by atoms with Crippen molar-refractivity contribution < 1.29 is 42.1 Å². The fourth-order valence-electron chi connectivity index (χ4n) is 5.77. The van der Waals surface area contributed by atoms with E-state index < -0.39 is 26.5 Å². The minimum atomic E-state index is -4.36. The number of rotatable bonds is 41. The van der Waals surface area contributed by atoms with E-state index in [-0.39, 0.29) is 25.6 Å². The van der Waals surface area contributed by atoms with Gasteiger partial charge in [0.15, 0.2) is 6.10 Å². The van der Waals surface area contributed by atoms with E-state index in [9.17, 15) is 19.0 Å². The van der Waals surface area contributed by atoms with Gasteiger partial charge in [0, 0.05) is 24.3 Å². The summed E-state index contributed by atoms with van der Waals surface area (Å²) >= 11 is 0. The molecule has 0 heterocycles. The lowest BCUT2D eigenvalue weighted by Gasteiger charge is -2.24. The van der Waals surface area contributed by atoms with Crippen LogP contribution in [-0.2, 0) is 32.7 Å². The number of carbonyl (C=O) groups excluding carboxylic acids is 2. The van der Waals surface area contributed by atoms with Crippen molar-refractivity contribution in [1.82, 2.24) is 0 Å². The highest BCUT2D eigenvalue weighted by atomic mass is 33.1. The van der Waals surface area contributed by atoms with E-state index in [4.69, 9.17) is 18.5 Å². The highest BCUT2D eigenvalue weighted by Gasteiger charge is 2.27. The molecule has 0 aliphatic carbocycles. The standard InChI is InChI=1S/C41H82NO8PS2/c1-6-8-9-10-11-12-16-19-22-25-28-31-40(43)47-37-39(38-49-51(45,46)48-34-33-42(3,4)5)50-41(44)32-29-26-23-20-17-14-13-15-18-21-24-27-30-36-53-52-35-7-2/h39H,6-38H2,1-5H3/p+1/t39-/m1/s1. The number of likely N-dealkylation sites (N-methyl/N-ethyl adjacent to an activating group) is 1. The van der Waals surface area contributed by atoms with Gasteiger partial charge in [0.2, 0.25) is 0 Å². The molecule has 1 N–H and O–H groups in total. The maximum atomic E-state index is 12.7. The van der Waals surface area contributed by atoms with Gasteiger partial charge in [0.05, 0.1) is 27.7 Å². The van der Waals surface area contributed by atoms with Crippen molar-refractivity contribution in [2.24, 2.45) is 0 Å². The number of unbranched alkanes of at least 4 members (excludes halogenated alkanes) is 22. The summed E-state index contributed by atoms with van der Waals surface area (Å²) in [5.41, 5.74) is 0. The Morgan fingerprint density at radius 1 is 0.566 bits per heavy atom. The molecule has 0 amide bonds. The number of carbonyl (C=O) groups is 2. The van der Waals surface area contributed by atoms with Crippen LogP contribution in [0.2, 0.25) is 0 Å². The average molecular weight is 813 g/mol. The summed E-state index contributed by atoms with van der Waals surface area (Å²) < 4.78 is 34.3. The zero-order chi connectivity index (χ0) is 39.3. The molecule has 9 nitrogen and oxygen atoms in total. The number of phosphoric acid groups is 1. The largest absolute Gasteiger partial charge is 0.472 e. The third kappa shape index (κ3) is 41.2. The van der Waals surface area contributed by atoms with Gasteiger partial charge in [-0.15, -0.1) is 0 Å². The average Bonchev–Trinajstić information content (AvgIpc) is 3.10. The molecular weight excluding hydrogens is 730 g/mol. The van der Waals surface area contributed by atoms with Gasteiger partial charge in [0.1, 0.15) is 19.8 Å². The van der Waals surface area contributed by atoms with Crippen molar-refractivity contribution in [3.05, 3.63) is 0 Å². The second kappa shape index (κ2) is 37.3. The molecule has 0 saturated heterocycles. The Balaban J connectivity index is 4.27. The van der Waals surface area contributed by atoms with E-state index in [1.807, 2.05) is 42.7 Å². The van der Waals surface area contributed by atoms with E-state index >= 15 is 0 Å². The van der Waals surface area contributed by atoms with Crippen molar-refractivity contribution in [2.75, 3.05) is 59.0 Å². The quantitative estimate of drug-likeness (QED) is 0.0211.